The Kier molecular flexibility index (Phi) is 4.28. The van der Waals surface area contributed by atoms with Crippen molar-refractivity contribution in [3.8, 4) is 0 Å². The normalized spacial score (nSPS) is 10.8. The second-order valence-electron chi connectivity index (χ2n) is 5.73. The van der Waals surface area contributed by atoms with E-state index in [4.69, 9.17) is 5.73 Å². The van der Waals surface area contributed by atoms with Crippen LogP contribution < -0.4 is 10.6 Å². The van der Waals surface area contributed by atoms with Crippen molar-refractivity contribution >= 4 is 17.2 Å². The standard InChI is InChI=1S/C17H23N3/c1-12(2)9-14-5-7-16(8-6-14)20(4)17-13(3)10-15(18)11-19-17/h5-8,10-12H,9,18H2,1-4H3. The molecular weight excluding hydrogens is 246 g/mol. The topological polar surface area (TPSA) is 42.1 Å². The van der Waals surface area contributed by atoms with Crippen LogP contribution in [0.25, 0.3) is 0 Å². The fraction of sp³-hybridized carbons (Fsp3) is 0.353. The molecule has 1 aromatic heterocycles. The summed E-state index contributed by atoms with van der Waals surface area (Å²) >= 11 is 0. The van der Waals surface area contributed by atoms with Crippen molar-refractivity contribution in [1.29, 1.82) is 0 Å². The number of anilines is 3. The van der Waals surface area contributed by atoms with Crippen LogP contribution in [0.4, 0.5) is 17.2 Å². The first-order valence-electron chi connectivity index (χ1n) is 7.02. The van der Waals surface area contributed by atoms with Crippen molar-refractivity contribution in [3.63, 3.8) is 0 Å². The van der Waals surface area contributed by atoms with Crippen molar-refractivity contribution in [3.05, 3.63) is 47.7 Å². The number of pyridine rings is 1. The minimum Gasteiger partial charge on any atom is -0.397 e. The average molecular weight is 269 g/mol. The van der Waals surface area contributed by atoms with Gasteiger partial charge in [-0.15, -0.1) is 0 Å². The summed E-state index contributed by atoms with van der Waals surface area (Å²) in [6.45, 7) is 6.51. The summed E-state index contributed by atoms with van der Waals surface area (Å²) < 4.78 is 0. The van der Waals surface area contributed by atoms with Crippen LogP contribution in [-0.4, -0.2) is 12.0 Å². The molecule has 0 saturated heterocycles. The van der Waals surface area contributed by atoms with Gasteiger partial charge in [0.1, 0.15) is 5.82 Å². The third-order valence-corrected chi connectivity index (χ3v) is 3.36. The number of rotatable bonds is 4. The van der Waals surface area contributed by atoms with Crippen molar-refractivity contribution in [2.24, 2.45) is 5.92 Å². The minimum atomic E-state index is 0.680. The van der Waals surface area contributed by atoms with Crippen LogP contribution in [0.5, 0.6) is 0 Å². The zero-order valence-electron chi connectivity index (χ0n) is 12.7. The molecule has 0 radical (unpaired) electrons. The first-order chi connectivity index (χ1) is 9.47. The third-order valence-electron chi connectivity index (χ3n) is 3.36. The molecule has 0 saturated carbocycles. The number of nitrogen functional groups attached to an aromatic ring is 1. The number of aromatic nitrogens is 1. The Morgan fingerprint density at radius 1 is 1.20 bits per heavy atom. The quantitative estimate of drug-likeness (QED) is 0.914. The maximum atomic E-state index is 5.75. The van der Waals surface area contributed by atoms with E-state index in [1.807, 2.05) is 20.0 Å². The molecule has 2 N–H and O–H groups in total. The summed E-state index contributed by atoms with van der Waals surface area (Å²) in [6, 6.07) is 10.6. The van der Waals surface area contributed by atoms with Crippen LogP contribution in [-0.2, 0) is 6.42 Å². The molecule has 20 heavy (non-hydrogen) atoms. The van der Waals surface area contributed by atoms with E-state index in [2.05, 4.69) is 48.0 Å². The van der Waals surface area contributed by atoms with E-state index < -0.39 is 0 Å². The van der Waals surface area contributed by atoms with Gasteiger partial charge in [0, 0.05) is 12.7 Å². The molecule has 0 aliphatic heterocycles. The molecule has 1 heterocycles. The summed E-state index contributed by atoms with van der Waals surface area (Å²) in [5, 5.41) is 0. The zero-order chi connectivity index (χ0) is 14.7. The molecule has 0 bridgehead atoms. The van der Waals surface area contributed by atoms with Gasteiger partial charge in [-0.25, -0.2) is 4.98 Å². The lowest BCUT2D eigenvalue weighted by molar-refractivity contribution is 0.647. The molecule has 0 amide bonds. The lowest BCUT2D eigenvalue weighted by atomic mass is 10.0. The molecule has 0 unspecified atom stereocenters. The Bertz CT molecular complexity index is 573. The van der Waals surface area contributed by atoms with Gasteiger partial charge in [0.15, 0.2) is 0 Å². The smallest absolute Gasteiger partial charge is 0.135 e. The lowest BCUT2D eigenvalue weighted by Crippen LogP contribution is -2.13. The van der Waals surface area contributed by atoms with Gasteiger partial charge in [0.2, 0.25) is 0 Å². The SMILES string of the molecule is Cc1cc(N)cnc1N(C)c1ccc(CC(C)C)cc1. The first kappa shape index (κ1) is 14.4. The molecule has 0 aliphatic rings. The van der Waals surface area contributed by atoms with Crippen molar-refractivity contribution < 1.29 is 0 Å². The van der Waals surface area contributed by atoms with Crippen LogP contribution in [0.2, 0.25) is 0 Å². The van der Waals surface area contributed by atoms with E-state index >= 15 is 0 Å². The number of hydrogen-bond acceptors (Lipinski definition) is 3. The second-order valence-corrected chi connectivity index (χ2v) is 5.73. The number of nitrogens with zero attached hydrogens (tertiary/aromatic N) is 2. The Morgan fingerprint density at radius 3 is 2.40 bits per heavy atom. The van der Waals surface area contributed by atoms with E-state index in [0.717, 1.165) is 23.5 Å². The number of hydrogen-bond donors (Lipinski definition) is 1. The number of aryl methyl sites for hydroxylation is 1. The third kappa shape index (κ3) is 3.29. The summed E-state index contributed by atoms with van der Waals surface area (Å²) in [7, 11) is 2.03. The van der Waals surface area contributed by atoms with Gasteiger partial charge >= 0.3 is 0 Å². The molecule has 3 heteroatoms. The van der Waals surface area contributed by atoms with Crippen molar-refractivity contribution in [2.45, 2.75) is 27.2 Å². The summed E-state index contributed by atoms with van der Waals surface area (Å²) in [4.78, 5) is 6.52. The zero-order valence-corrected chi connectivity index (χ0v) is 12.7. The Balaban J connectivity index is 2.22. The molecule has 0 atom stereocenters. The summed E-state index contributed by atoms with van der Waals surface area (Å²) in [5.41, 5.74) is 10.0. The van der Waals surface area contributed by atoms with E-state index in [9.17, 15) is 0 Å². The maximum Gasteiger partial charge on any atom is 0.135 e. The maximum absolute atomic E-state index is 5.75. The molecule has 0 fully saturated rings. The second kappa shape index (κ2) is 5.95. The van der Waals surface area contributed by atoms with Gasteiger partial charge in [0.25, 0.3) is 0 Å². The van der Waals surface area contributed by atoms with Crippen molar-refractivity contribution in [2.75, 3.05) is 17.7 Å². The van der Waals surface area contributed by atoms with E-state index in [1.54, 1.807) is 6.20 Å². The minimum absolute atomic E-state index is 0.680. The van der Waals surface area contributed by atoms with Crippen LogP contribution in [0, 0.1) is 12.8 Å². The van der Waals surface area contributed by atoms with Crippen LogP contribution in [0.3, 0.4) is 0 Å². The first-order valence-corrected chi connectivity index (χ1v) is 7.02. The Hall–Kier alpha value is -2.03. The predicted octanol–water partition coefficient (Wildman–Crippen LogP) is 3.94. The fourth-order valence-corrected chi connectivity index (χ4v) is 2.39. The molecule has 106 valence electrons. The lowest BCUT2D eigenvalue weighted by Gasteiger charge is -2.21. The number of benzene rings is 1. The summed E-state index contributed by atoms with van der Waals surface area (Å²) in [6.07, 6.45) is 2.81. The van der Waals surface area contributed by atoms with Crippen LogP contribution >= 0.6 is 0 Å². The average Bonchev–Trinajstić information content (AvgIpc) is 2.38. The molecule has 3 nitrogen and oxygen atoms in total. The Morgan fingerprint density at radius 2 is 1.85 bits per heavy atom. The van der Waals surface area contributed by atoms with Gasteiger partial charge < -0.3 is 10.6 Å². The van der Waals surface area contributed by atoms with E-state index in [1.165, 1.54) is 5.56 Å². The molecule has 1 aromatic carbocycles. The predicted molar refractivity (Wildman–Crippen MR) is 86.4 cm³/mol. The number of nitrogens with two attached hydrogens (primary N) is 1. The van der Waals surface area contributed by atoms with E-state index in [0.29, 0.717) is 11.6 Å². The van der Waals surface area contributed by atoms with E-state index in [-0.39, 0.29) is 0 Å². The summed E-state index contributed by atoms with van der Waals surface area (Å²) in [5.74, 6) is 1.62. The monoisotopic (exact) mass is 269 g/mol. The van der Waals surface area contributed by atoms with Gasteiger partial charge in [-0.05, 0) is 48.6 Å². The van der Waals surface area contributed by atoms with Gasteiger partial charge in [-0.1, -0.05) is 26.0 Å². The van der Waals surface area contributed by atoms with Crippen LogP contribution in [0.1, 0.15) is 25.0 Å². The van der Waals surface area contributed by atoms with Gasteiger partial charge in [-0.2, -0.15) is 0 Å². The molecular formula is C17H23N3. The molecule has 2 aromatic rings. The fourth-order valence-electron chi connectivity index (χ4n) is 2.39. The highest BCUT2D eigenvalue weighted by atomic mass is 15.2. The van der Waals surface area contributed by atoms with Gasteiger partial charge in [-0.3, -0.25) is 0 Å². The molecule has 0 aliphatic carbocycles. The molecule has 0 spiro atoms. The largest absolute Gasteiger partial charge is 0.397 e. The van der Waals surface area contributed by atoms with Crippen LogP contribution in [0.15, 0.2) is 36.5 Å². The molecule has 2 rings (SSSR count). The highest BCUT2D eigenvalue weighted by molar-refractivity contribution is 5.63. The van der Waals surface area contributed by atoms with Gasteiger partial charge in [0.05, 0.1) is 11.9 Å². The highest BCUT2D eigenvalue weighted by Gasteiger charge is 2.09. The Labute approximate surface area is 121 Å². The highest BCUT2D eigenvalue weighted by Crippen LogP contribution is 2.26. The van der Waals surface area contributed by atoms with Crippen molar-refractivity contribution in [1.82, 2.24) is 4.98 Å².